The minimum Gasteiger partial charge on any atom is -0.497 e. The summed E-state index contributed by atoms with van der Waals surface area (Å²) in [5.41, 5.74) is 1.63. The van der Waals surface area contributed by atoms with E-state index < -0.39 is 0 Å². The lowest BCUT2D eigenvalue weighted by Crippen LogP contribution is -2.24. The van der Waals surface area contributed by atoms with Gasteiger partial charge in [0.05, 0.1) is 32.4 Å². The van der Waals surface area contributed by atoms with Crippen LogP contribution in [0.2, 0.25) is 0 Å². The van der Waals surface area contributed by atoms with Crippen LogP contribution < -0.4 is 14.8 Å². The van der Waals surface area contributed by atoms with Gasteiger partial charge in [0.2, 0.25) is 5.91 Å². The molecule has 1 unspecified atom stereocenters. The molecule has 1 atom stereocenters. The van der Waals surface area contributed by atoms with Crippen LogP contribution in [-0.4, -0.2) is 39.9 Å². The van der Waals surface area contributed by atoms with E-state index in [1.807, 2.05) is 32.0 Å². The Morgan fingerprint density at radius 2 is 2.15 bits per heavy atom. The van der Waals surface area contributed by atoms with E-state index in [4.69, 9.17) is 9.47 Å². The Balaban J connectivity index is 1.77. The first kappa shape index (κ1) is 18.8. The third-order valence-corrected chi connectivity index (χ3v) is 4.95. The Morgan fingerprint density at radius 3 is 2.81 bits per heavy atom. The lowest BCUT2D eigenvalue weighted by atomic mass is 10.1. The largest absolute Gasteiger partial charge is 0.497 e. The normalized spacial score (nSPS) is 11.9. The van der Waals surface area contributed by atoms with Crippen molar-refractivity contribution in [2.45, 2.75) is 20.4 Å². The summed E-state index contributed by atoms with van der Waals surface area (Å²) in [5.74, 6) is 0.987. The molecule has 0 saturated heterocycles. The second-order valence-corrected chi connectivity index (χ2v) is 7.20. The van der Waals surface area contributed by atoms with E-state index >= 15 is 0 Å². The Labute approximate surface area is 161 Å². The summed E-state index contributed by atoms with van der Waals surface area (Å²) >= 11 is 1.43. The summed E-state index contributed by atoms with van der Waals surface area (Å²) < 4.78 is 12.3. The summed E-state index contributed by atoms with van der Waals surface area (Å²) in [6.45, 7) is 4.26. The predicted molar refractivity (Wildman–Crippen MR) is 103 cm³/mol. The van der Waals surface area contributed by atoms with Crippen molar-refractivity contribution in [3.8, 4) is 22.8 Å². The molecule has 0 aliphatic rings. The molecule has 1 N–H and O–H groups in total. The number of ether oxygens (including phenoxy) is 2. The van der Waals surface area contributed by atoms with Crippen LogP contribution in [0.25, 0.3) is 11.3 Å². The van der Waals surface area contributed by atoms with Gasteiger partial charge in [-0.15, -0.1) is 11.3 Å². The third-order valence-electron chi connectivity index (χ3n) is 4.07. The van der Waals surface area contributed by atoms with Gasteiger partial charge in [0.15, 0.2) is 5.13 Å². The predicted octanol–water partition coefficient (Wildman–Crippen LogP) is 3.00. The fourth-order valence-corrected chi connectivity index (χ4v) is 3.44. The van der Waals surface area contributed by atoms with Gasteiger partial charge >= 0.3 is 0 Å². The molecule has 2 heterocycles. The van der Waals surface area contributed by atoms with Crippen molar-refractivity contribution in [3.63, 3.8) is 0 Å². The zero-order chi connectivity index (χ0) is 19.4. The summed E-state index contributed by atoms with van der Waals surface area (Å²) in [6, 6.07) is 5.57. The molecule has 3 rings (SSSR count). The highest BCUT2D eigenvalue weighted by Gasteiger charge is 2.19. The molecule has 2 aromatic heterocycles. The molecule has 0 aliphatic heterocycles. The van der Waals surface area contributed by atoms with Crippen LogP contribution in [0.3, 0.4) is 0 Å². The number of carbonyl (C=O) groups is 1. The second kappa shape index (κ2) is 8.17. The maximum atomic E-state index is 12.5. The van der Waals surface area contributed by atoms with Crippen molar-refractivity contribution in [2.24, 2.45) is 5.92 Å². The fourth-order valence-electron chi connectivity index (χ4n) is 2.61. The molecule has 0 spiro atoms. The average molecular weight is 387 g/mol. The number of hydrogen-bond acceptors (Lipinski definition) is 7. The lowest BCUT2D eigenvalue weighted by Gasteiger charge is -2.10. The molecule has 0 saturated carbocycles. The lowest BCUT2D eigenvalue weighted by molar-refractivity contribution is -0.119. The van der Waals surface area contributed by atoms with Crippen molar-refractivity contribution in [2.75, 3.05) is 19.5 Å². The zero-order valence-electron chi connectivity index (χ0n) is 15.6. The first-order valence-electron chi connectivity index (χ1n) is 8.35. The molecule has 1 aromatic carbocycles. The monoisotopic (exact) mass is 387 g/mol. The number of carbonyl (C=O) groups excluding carboxylic acids is 1. The Morgan fingerprint density at radius 1 is 1.33 bits per heavy atom. The summed E-state index contributed by atoms with van der Waals surface area (Å²) in [5, 5.41) is 7.46. The molecule has 3 aromatic rings. The number of rotatable bonds is 7. The van der Waals surface area contributed by atoms with Gasteiger partial charge in [-0.1, -0.05) is 6.92 Å². The highest BCUT2D eigenvalue weighted by atomic mass is 32.1. The smallest absolute Gasteiger partial charge is 0.230 e. The minimum atomic E-state index is -0.269. The van der Waals surface area contributed by atoms with Crippen LogP contribution in [-0.2, 0) is 11.3 Å². The molecule has 0 bridgehead atoms. The van der Waals surface area contributed by atoms with Gasteiger partial charge in [0.25, 0.3) is 0 Å². The maximum Gasteiger partial charge on any atom is 0.230 e. The maximum absolute atomic E-state index is 12.5. The average Bonchev–Trinajstić information content (AvgIpc) is 3.30. The molecule has 8 nitrogen and oxygen atoms in total. The summed E-state index contributed by atoms with van der Waals surface area (Å²) in [4.78, 5) is 21.9. The van der Waals surface area contributed by atoms with Crippen LogP contribution in [0.5, 0.6) is 11.5 Å². The standard InChI is InChI=1S/C18H21N5O3S/c1-11(8-23-10-19-9-20-23)17(24)22-18-21-16(12(2)27-18)14-6-5-13(25-3)7-15(14)26-4/h5-7,9-11H,8H2,1-4H3,(H,21,22,24). The van der Waals surface area contributed by atoms with E-state index in [0.717, 1.165) is 16.1 Å². The molecule has 1 amide bonds. The number of hydrogen-bond donors (Lipinski definition) is 1. The first-order chi connectivity index (χ1) is 13.0. The molecule has 0 aliphatic carbocycles. The van der Waals surface area contributed by atoms with Crippen molar-refractivity contribution < 1.29 is 14.3 Å². The van der Waals surface area contributed by atoms with Gasteiger partial charge in [0, 0.05) is 16.5 Å². The third kappa shape index (κ3) is 4.25. The van der Waals surface area contributed by atoms with Gasteiger partial charge in [-0.2, -0.15) is 5.10 Å². The van der Waals surface area contributed by atoms with Crippen LogP contribution in [0.15, 0.2) is 30.9 Å². The Kier molecular flexibility index (Phi) is 5.70. The van der Waals surface area contributed by atoms with Crippen molar-refractivity contribution in [3.05, 3.63) is 35.7 Å². The number of amides is 1. The van der Waals surface area contributed by atoms with Crippen LogP contribution in [0.1, 0.15) is 11.8 Å². The van der Waals surface area contributed by atoms with Gasteiger partial charge in [-0.05, 0) is 19.1 Å². The van der Waals surface area contributed by atoms with E-state index in [9.17, 15) is 4.79 Å². The van der Waals surface area contributed by atoms with Crippen LogP contribution in [0, 0.1) is 12.8 Å². The zero-order valence-corrected chi connectivity index (χ0v) is 16.4. The van der Waals surface area contributed by atoms with E-state index in [1.54, 1.807) is 25.2 Å². The van der Waals surface area contributed by atoms with Crippen molar-refractivity contribution in [1.29, 1.82) is 0 Å². The van der Waals surface area contributed by atoms with E-state index in [1.165, 1.54) is 17.7 Å². The quantitative estimate of drug-likeness (QED) is 0.670. The highest BCUT2D eigenvalue weighted by molar-refractivity contribution is 7.16. The molecule has 9 heteroatoms. The number of aryl methyl sites for hydroxylation is 1. The number of benzene rings is 1. The number of aromatic nitrogens is 4. The number of nitrogens with one attached hydrogen (secondary N) is 1. The molecular weight excluding hydrogens is 366 g/mol. The van der Waals surface area contributed by atoms with E-state index in [0.29, 0.717) is 23.2 Å². The molecule has 0 fully saturated rings. The van der Waals surface area contributed by atoms with Crippen LogP contribution >= 0.6 is 11.3 Å². The number of anilines is 1. The van der Waals surface area contributed by atoms with E-state index in [-0.39, 0.29) is 11.8 Å². The molecule has 27 heavy (non-hydrogen) atoms. The fraction of sp³-hybridized carbons (Fsp3) is 0.333. The molecule has 0 radical (unpaired) electrons. The van der Waals surface area contributed by atoms with Gasteiger partial charge in [0.1, 0.15) is 24.2 Å². The Hall–Kier alpha value is -2.94. The second-order valence-electron chi connectivity index (χ2n) is 6.00. The van der Waals surface area contributed by atoms with Gasteiger partial charge in [-0.25, -0.2) is 9.97 Å². The van der Waals surface area contributed by atoms with Gasteiger partial charge < -0.3 is 14.8 Å². The molecule has 142 valence electrons. The van der Waals surface area contributed by atoms with E-state index in [2.05, 4.69) is 20.4 Å². The minimum absolute atomic E-state index is 0.118. The highest BCUT2D eigenvalue weighted by Crippen LogP contribution is 2.37. The van der Waals surface area contributed by atoms with Crippen molar-refractivity contribution >= 4 is 22.4 Å². The number of nitrogens with zero attached hydrogens (tertiary/aromatic N) is 4. The number of methoxy groups -OCH3 is 2. The summed E-state index contributed by atoms with van der Waals surface area (Å²) in [7, 11) is 3.21. The topological polar surface area (TPSA) is 91.2 Å². The Bertz CT molecular complexity index is 923. The SMILES string of the molecule is COc1ccc(-c2nc(NC(=O)C(C)Cn3cncn3)sc2C)c(OC)c1. The molecular formula is C18H21N5O3S. The first-order valence-corrected chi connectivity index (χ1v) is 9.16. The number of thiazole rings is 1. The van der Waals surface area contributed by atoms with Crippen LogP contribution in [0.4, 0.5) is 5.13 Å². The summed E-state index contributed by atoms with van der Waals surface area (Å²) in [6.07, 6.45) is 3.04. The van der Waals surface area contributed by atoms with Crippen molar-refractivity contribution in [1.82, 2.24) is 19.7 Å². The van der Waals surface area contributed by atoms with Gasteiger partial charge in [-0.3, -0.25) is 9.48 Å².